The molecule has 0 aromatic heterocycles. The lowest BCUT2D eigenvalue weighted by molar-refractivity contribution is -0.136. The number of aryl methyl sites for hydroxylation is 1. The van der Waals surface area contributed by atoms with Gasteiger partial charge in [-0.05, 0) is 25.5 Å². The minimum Gasteiger partial charge on any atom is -0.478 e. The Kier molecular flexibility index (Phi) is 3.47. The maximum Gasteiger partial charge on any atom is 0.334 e. The number of aliphatic carboxylic acids is 2. The van der Waals surface area contributed by atoms with E-state index in [9.17, 15) is 14.7 Å². The first kappa shape index (κ1) is 14.4. The molecule has 2 N–H and O–H groups in total. The fraction of sp³-hybridized carbons (Fsp3) is 0.294. The molecule has 22 heavy (non-hydrogen) atoms. The van der Waals surface area contributed by atoms with E-state index >= 15 is 0 Å². The quantitative estimate of drug-likeness (QED) is 0.810. The van der Waals surface area contributed by atoms with E-state index in [1.165, 1.54) is 0 Å². The molecule has 3 unspecified atom stereocenters. The third kappa shape index (κ3) is 2.38. The summed E-state index contributed by atoms with van der Waals surface area (Å²) < 4.78 is 5.50. The van der Waals surface area contributed by atoms with E-state index in [0.717, 1.165) is 11.1 Å². The molecule has 1 saturated heterocycles. The molecule has 5 nitrogen and oxygen atoms in total. The summed E-state index contributed by atoms with van der Waals surface area (Å²) in [5.74, 6) is 3.27. The highest BCUT2D eigenvalue weighted by molar-refractivity contribution is 6.01. The molecular weight excluding hydrogens is 284 g/mol. The van der Waals surface area contributed by atoms with Crippen molar-refractivity contribution in [3.63, 3.8) is 0 Å². The number of hydrogen-bond acceptors (Lipinski definition) is 3. The molecule has 2 bridgehead atoms. The largest absolute Gasteiger partial charge is 0.478 e. The third-order valence-electron chi connectivity index (χ3n) is 3.96. The van der Waals surface area contributed by atoms with Crippen molar-refractivity contribution in [2.24, 2.45) is 5.92 Å². The summed E-state index contributed by atoms with van der Waals surface area (Å²) in [6.45, 7) is 1.98. The highest BCUT2D eigenvalue weighted by Gasteiger charge is 2.51. The second-order valence-corrected chi connectivity index (χ2v) is 5.46. The van der Waals surface area contributed by atoms with Crippen LogP contribution in [0.2, 0.25) is 0 Å². The van der Waals surface area contributed by atoms with E-state index in [2.05, 4.69) is 11.8 Å². The van der Waals surface area contributed by atoms with Crippen molar-refractivity contribution in [1.29, 1.82) is 0 Å². The Morgan fingerprint density at radius 3 is 2.36 bits per heavy atom. The van der Waals surface area contributed by atoms with Gasteiger partial charge in [0.25, 0.3) is 0 Å². The molecule has 2 heterocycles. The van der Waals surface area contributed by atoms with Crippen molar-refractivity contribution in [3.8, 4) is 11.8 Å². The first-order valence-corrected chi connectivity index (χ1v) is 6.91. The number of carbonyl (C=O) groups is 2. The molecule has 1 aromatic rings. The molecule has 0 amide bonds. The maximum atomic E-state index is 11.3. The monoisotopic (exact) mass is 298 g/mol. The van der Waals surface area contributed by atoms with Gasteiger partial charge in [-0.25, -0.2) is 9.59 Å². The summed E-state index contributed by atoms with van der Waals surface area (Å²) in [4.78, 5) is 22.5. The van der Waals surface area contributed by atoms with Gasteiger partial charge in [0, 0.05) is 5.56 Å². The molecule has 5 heteroatoms. The number of carboxylic acids is 2. The number of carboxylic acid groups (broad SMARTS) is 2. The average molecular weight is 298 g/mol. The van der Waals surface area contributed by atoms with E-state index < -0.39 is 24.1 Å². The predicted molar refractivity (Wildman–Crippen MR) is 77.1 cm³/mol. The SMILES string of the molecule is Cc1ccc(C#CC2CC3OC2C(C(=O)O)=C3C(=O)O)cc1. The molecule has 3 atom stereocenters. The summed E-state index contributed by atoms with van der Waals surface area (Å²) in [6.07, 6.45) is -1.01. The Hall–Kier alpha value is -2.58. The van der Waals surface area contributed by atoms with E-state index in [1.54, 1.807) is 0 Å². The lowest BCUT2D eigenvalue weighted by Crippen LogP contribution is -2.26. The van der Waals surface area contributed by atoms with Crippen LogP contribution in [-0.2, 0) is 14.3 Å². The topological polar surface area (TPSA) is 83.8 Å². The second-order valence-electron chi connectivity index (χ2n) is 5.46. The van der Waals surface area contributed by atoms with Gasteiger partial charge < -0.3 is 14.9 Å². The average Bonchev–Trinajstić information content (AvgIpc) is 3.04. The lowest BCUT2D eigenvalue weighted by atomic mass is 9.84. The van der Waals surface area contributed by atoms with Crippen LogP contribution in [0.3, 0.4) is 0 Å². The zero-order valence-electron chi connectivity index (χ0n) is 11.9. The molecule has 0 aliphatic carbocycles. The summed E-state index contributed by atoms with van der Waals surface area (Å²) in [7, 11) is 0. The van der Waals surface area contributed by atoms with Crippen LogP contribution in [0.15, 0.2) is 35.4 Å². The van der Waals surface area contributed by atoms with Crippen molar-refractivity contribution in [2.75, 3.05) is 0 Å². The smallest absolute Gasteiger partial charge is 0.334 e. The molecule has 0 radical (unpaired) electrons. The van der Waals surface area contributed by atoms with E-state index in [4.69, 9.17) is 9.84 Å². The standard InChI is InChI=1S/C17H14O5/c1-9-2-4-10(5-3-9)6-7-11-8-12-13(16(18)19)14(17(20)21)15(11)22-12/h2-5,11-12,15H,8H2,1H3,(H,18,19)(H,20,21). The van der Waals surface area contributed by atoms with Crippen LogP contribution in [0.1, 0.15) is 17.5 Å². The third-order valence-corrected chi connectivity index (χ3v) is 3.96. The minimum atomic E-state index is -1.24. The molecule has 0 spiro atoms. The number of hydrogen-bond donors (Lipinski definition) is 2. The number of benzene rings is 1. The van der Waals surface area contributed by atoms with Crippen LogP contribution < -0.4 is 0 Å². The summed E-state index contributed by atoms with van der Waals surface area (Å²) in [5, 5.41) is 18.4. The fourth-order valence-electron chi connectivity index (χ4n) is 2.90. The van der Waals surface area contributed by atoms with Gasteiger partial charge in [-0.2, -0.15) is 0 Å². The first-order valence-electron chi connectivity index (χ1n) is 6.91. The van der Waals surface area contributed by atoms with Crippen molar-refractivity contribution < 1.29 is 24.5 Å². The minimum absolute atomic E-state index is 0.133. The zero-order chi connectivity index (χ0) is 15.9. The lowest BCUT2D eigenvalue weighted by Gasteiger charge is -2.15. The van der Waals surface area contributed by atoms with Crippen LogP contribution in [0.4, 0.5) is 0 Å². The van der Waals surface area contributed by atoms with Gasteiger partial charge in [0.1, 0.15) is 6.10 Å². The summed E-state index contributed by atoms with van der Waals surface area (Å²) >= 11 is 0. The van der Waals surface area contributed by atoms with Gasteiger partial charge in [-0.3, -0.25) is 0 Å². The summed E-state index contributed by atoms with van der Waals surface area (Å²) in [5.41, 5.74) is 1.68. The highest BCUT2D eigenvalue weighted by Crippen LogP contribution is 2.43. The van der Waals surface area contributed by atoms with Gasteiger partial charge >= 0.3 is 11.9 Å². The van der Waals surface area contributed by atoms with Gasteiger partial charge in [-0.15, -0.1) is 0 Å². The molecule has 112 valence electrons. The Labute approximate surface area is 127 Å². The van der Waals surface area contributed by atoms with Crippen molar-refractivity contribution in [1.82, 2.24) is 0 Å². The molecule has 1 aromatic carbocycles. The first-order chi connectivity index (χ1) is 10.5. The Morgan fingerprint density at radius 1 is 1.14 bits per heavy atom. The fourth-order valence-corrected chi connectivity index (χ4v) is 2.90. The highest BCUT2D eigenvalue weighted by atomic mass is 16.5. The van der Waals surface area contributed by atoms with Gasteiger partial charge in [0.2, 0.25) is 0 Å². The van der Waals surface area contributed by atoms with Crippen LogP contribution >= 0.6 is 0 Å². The van der Waals surface area contributed by atoms with Crippen molar-refractivity contribution in [3.05, 3.63) is 46.5 Å². The normalized spacial score (nSPS) is 25.8. The van der Waals surface area contributed by atoms with Crippen molar-refractivity contribution in [2.45, 2.75) is 25.6 Å². The van der Waals surface area contributed by atoms with E-state index in [1.807, 2.05) is 31.2 Å². The molecule has 2 aliphatic rings. The van der Waals surface area contributed by atoms with Crippen LogP contribution in [-0.4, -0.2) is 34.4 Å². The van der Waals surface area contributed by atoms with Gasteiger partial charge in [0.05, 0.1) is 23.2 Å². The Bertz CT molecular complexity index is 733. The van der Waals surface area contributed by atoms with Crippen molar-refractivity contribution >= 4 is 11.9 Å². The number of rotatable bonds is 2. The maximum absolute atomic E-state index is 11.3. The molecule has 2 aliphatic heterocycles. The second kappa shape index (κ2) is 5.32. The number of fused-ring (bicyclic) bond motifs is 2. The zero-order valence-corrected chi connectivity index (χ0v) is 11.9. The van der Waals surface area contributed by atoms with Gasteiger partial charge in [-0.1, -0.05) is 29.5 Å². The molecule has 0 saturated carbocycles. The Morgan fingerprint density at radius 2 is 1.77 bits per heavy atom. The molecular formula is C17H14O5. The van der Waals surface area contributed by atoms with E-state index in [0.29, 0.717) is 6.42 Å². The molecule has 3 rings (SSSR count). The van der Waals surface area contributed by atoms with Gasteiger partial charge in [0.15, 0.2) is 0 Å². The summed E-state index contributed by atoms with van der Waals surface area (Å²) in [6, 6.07) is 7.69. The molecule has 1 fully saturated rings. The van der Waals surface area contributed by atoms with Crippen LogP contribution in [0.5, 0.6) is 0 Å². The Balaban J connectivity index is 1.87. The van der Waals surface area contributed by atoms with E-state index in [-0.39, 0.29) is 17.1 Å². The number of ether oxygens (including phenoxy) is 1. The predicted octanol–water partition coefficient (Wildman–Crippen LogP) is 1.60. The van der Waals surface area contributed by atoms with Crippen LogP contribution in [0.25, 0.3) is 0 Å². The van der Waals surface area contributed by atoms with Crippen LogP contribution in [0, 0.1) is 24.7 Å².